The van der Waals surface area contributed by atoms with Crippen LogP contribution in [0.15, 0.2) is 64.3 Å². The van der Waals surface area contributed by atoms with Gasteiger partial charge in [-0.1, -0.05) is 45.7 Å². The third-order valence-corrected chi connectivity index (χ3v) is 5.91. The van der Waals surface area contributed by atoms with E-state index in [-0.39, 0.29) is 24.0 Å². The Bertz CT molecular complexity index is 920. The van der Waals surface area contributed by atoms with Crippen molar-refractivity contribution in [2.75, 3.05) is 4.90 Å². The molecule has 1 aliphatic heterocycles. The summed E-state index contributed by atoms with van der Waals surface area (Å²) in [5, 5.41) is 0.604. The summed E-state index contributed by atoms with van der Waals surface area (Å²) in [6.07, 6.45) is 2.28. The predicted molar refractivity (Wildman–Crippen MR) is 106 cm³/mol. The van der Waals surface area contributed by atoms with Gasteiger partial charge in [0.25, 0.3) is 0 Å². The van der Waals surface area contributed by atoms with Gasteiger partial charge in [0.1, 0.15) is 0 Å². The summed E-state index contributed by atoms with van der Waals surface area (Å²) in [6, 6.07) is 15.1. The number of carbonyl (C=O) groups is 2. The van der Waals surface area contributed by atoms with Crippen molar-refractivity contribution in [1.29, 1.82) is 0 Å². The summed E-state index contributed by atoms with van der Waals surface area (Å²) < 4.78 is 0.952. The number of anilines is 1. The zero-order valence-electron chi connectivity index (χ0n) is 14.0. The number of amides is 1. The maximum atomic E-state index is 13.1. The van der Waals surface area contributed by atoms with E-state index in [1.165, 1.54) is 0 Å². The first kappa shape index (κ1) is 17.5. The van der Waals surface area contributed by atoms with Crippen molar-refractivity contribution in [2.45, 2.75) is 31.6 Å². The van der Waals surface area contributed by atoms with E-state index in [0.717, 1.165) is 39.8 Å². The molecule has 0 N–H and O–H groups in total. The van der Waals surface area contributed by atoms with Crippen molar-refractivity contribution in [3.05, 3.63) is 74.9 Å². The van der Waals surface area contributed by atoms with Gasteiger partial charge in [-0.2, -0.15) is 0 Å². The molecule has 0 bridgehead atoms. The summed E-state index contributed by atoms with van der Waals surface area (Å²) in [5.41, 5.74) is 3.26. The first-order chi connectivity index (χ1) is 12.6. The molecule has 132 valence electrons. The molecule has 0 saturated carbocycles. The highest BCUT2D eigenvalue weighted by molar-refractivity contribution is 9.10. The van der Waals surface area contributed by atoms with Gasteiger partial charge in [-0.25, -0.2) is 0 Å². The van der Waals surface area contributed by atoms with E-state index in [0.29, 0.717) is 11.4 Å². The van der Waals surface area contributed by atoms with Crippen molar-refractivity contribution in [3.8, 4) is 0 Å². The fourth-order valence-corrected chi connectivity index (χ4v) is 4.44. The molecule has 0 radical (unpaired) electrons. The van der Waals surface area contributed by atoms with Crippen molar-refractivity contribution >= 4 is 44.9 Å². The zero-order chi connectivity index (χ0) is 18.3. The standard InChI is InChI=1S/C21H17BrClNO2/c22-13-8-10-14(11-9-13)24-18-6-3-7-19(25)21(18)16(12-20(24)26)15-4-1-2-5-17(15)23/h1-2,4-5,8-11,16H,3,6-7,12H2. The Morgan fingerprint density at radius 2 is 1.73 bits per heavy atom. The molecule has 2 aromatic carbocycles. The van der Waals surface area contributed by atoms with E-state index >= 15 is 0 Å². The second-order valence-corrected chi connectivity index (χ2v) is 7.94. The van der Waals surface area contributed by atoms with Gasteiger partial charge in [0.2, 0.25) is 5.91 Å². The highest BCUT2D eigenvalue weighted by Crippen LogP contribution is 2.44. The summed E-state index contributed by atoms with van der Waals surface area (Å²) in [6.45, 7) is 0. The van der Waals surface area contributed by atoms with Crippen molar-refractivity contribution in [2.24, 2.45) is 0 Å². The number of hydrogen-bond acceptors (Lipinski definition) is 2. The number of hydrogen-bond donors (Lipinski definition) is 0. The SMILES string of the molecule is O=C1CCCC2=C1C(c1ccccc1Cl)CC(=O)N2c1ccc(Br)cc1. The van der Waals surface area contributed by atoms with Crippen molar-refractivity contribution < 1.29 is 9.59 Å². The van der Waals surface area contributed by atoms with Gasteiger partial charge < -0.3 is 0 Å². The monoisotopic (exact) mass is 429 g/mol. The van der Waals surface area contributed by atoms with Crippen LogP contribution in [0.4, 0.5) is 5.69 Å². The predicted octanol–water partition coefficient (Wildman–Crippen LogP) is 5.63. The molecule has 1 heterocycles. The van der Waals surface area contributed by atoms with Gasteiger partial charge in [-0.15, -0.1) is 0 Å². The Hall–Kier alpha value is -1.91. The summed E-state index contributed by atoms with van der Waals surface area (Å²) in [7, 11) is 0. The van der Waals surface area contributed by atoms with Crippen LogP contribution in [0.25, 0.3) is 0 Å². The molecule has 0 aromatic heterocycles. The van der Waals surface area contributed by atoms with Crippen molar-refractivity contribution in [3.63, 3.8) is 0 Å². The number of rotatable bonds is 2. The molecule has 26 heavy (non-hydrogen) atoms. The topological polar surface area (TPSA) is 37.4 Å². The van der Waals surface area contributed by atoms with Gasteiger partial charge >= 0.3 is 0 Å². The second kappa shape index (κ2) is 7.01. The highest BCUT2D eigenvalue weighted by Gasteiger charge is 2.40. The molecule has 1 atom stereocenters. The molecule has 0 fully saturated rings. The highest BCUT2D eigenvalue weighted by atomic mass is 79.9. The maximum Gasteiger partial charge on any atom is 0.232 e. The minimum atomic E-state index is -0.259. The fraction of sp³-hybridized carbons (Fsp3) is 0.238. The number of carbonyl (C=O) groups excluding carboxylic acids is 2. The van der Waals surface area contributed by atoms with Crippen LogP contribution in [0.1, 0.15) is 37.2 Å². The smallest absolute Gasteiger partial charge is 0.232 e. The average molecular weight is 431 g/mol. The quantitative estimate of drug-likeness (QED) is 0.619. The summed E-state index contributed by atoms with van der Waals surface area (Å²) >= 11 is 9.82. The van der Waals surface area contributed by atoms with E-state index in [9.17, 15) is 9.59 Å². The lowest BCUT2D eigenvalue weighted by Gasteiger charge is -2.38. The van der Waals surface area contributed by atoms with Gasteiger partial charge in [0, 0.05) is 45.2 Å². The first-order valence-corrected chi connectivity index (χ1v) is 9.82. The van der Waals surface area contributed by atoms with Crippen LogP contribution in [0.2, 0.25) is 5.02 Å². The van der Waals surface area contributed by atoms with Crippen LogP contribution in [0.5, 0.6) is 0 Å². The van der Waals surface area contributed by atoms with Crippen molar-refractivity contribution in [1.82, 2.24) is 0 Å². The largest absolute Gasteiger partial charge is 0.294 e. The number of benzene rings is 2. The Kier molecular flexibility index (Phi) is 4.72. The number of halogens is 2. The van der Waals surface area contributed by atoms with Crippen LogP contribution in [0.3, 0.4) is 0 Å². The summed E-state index contributed by atoms with van der Waals surface area (Å²) in [5.74, 6) is -0.123. The molecule has 1 unspecified atom stereocenters. The molecule has 1 aliphatic carbocycles. The lowest BCUT2D eigenvalue weighted by Crippen LogP contribution is -2.40. The van der Waals surface area contributed by atoms with Crippen LogP contribution in [-0.2, 0) is 9.59 Å². The van der Waals surface area contributed by atoms with Crippen LogP contribution >= 0.6 is 27.5 Å². The van der Waals surface area contributed by atoms with E-state index in [1.807, 2.05) is 48.5 Å². The minimum Gasteiger partial charge on any atom is -0.294 e. The second-order valence-electron chi connectivity index (χ2n) is 6.62. The van der Waals surface area contributed by atoms with Gasteiger partial charge in [-0.3, -0.25) is 14.5 Å². The minimum absolute atomic E-state index is 0.00527. The van der Waals surface area contributed by atoms with Crippen LogP contribution < -0.4 is 4.90 Å². The van der Waals surface area contributed by atoms with E-state index in [1.54, 1.807) is 4.90 Å². The number of nitrogens with zero attached hydrogens (tertiary/aromatic N) is 1. The third-order valence-electron chi connectivity index (χ3n) is 5.04. The molecule has 0 spiro atoms. The number of Topliss-reactive ketones (excluding diaryl/α,β-unsaturated/α-hetero) is 1. The van der Waals surface area contributed by atoms with Gasteiger partial charge in [0.05, 0.1) is 0 Å². The number of allylic oxidation sites excluding steroid dienone is 2. The lowest BCUT2D eigenvalue weighted by molar-refractivity contribution is -0.119. The molecule has 0 saturated heterocycles. The maximum absolute atomic E-state index is 13.1. The molecule has 2 aliphatic rings. The average Bonchev–Trinajstić information content (AvgIpc) is 2.63. The number of ketones is 1. The zero-order valence-corrected chi connectivity index (χ0v) is 16.4. The van der Waals surface area contributed by atoms with Gasteiger partial charge in [0.15, 0.2) is 5.78 Å². The molecule has 3 nitrogen and oxygen atoms in total. The van der Waals surface area contributed by atoms with E-state index in [4.69, 9.17) is 11.6 Å². The first-order valence-electron chi connectivity index (χ1n) is 8.65. The Morgan fingerprint density at radius 1 is 1.00 bits per heavy atom. The Labute approximate surface area is 165 Å². The molecular weight excluding hydrogens is 414 g/mol. The van der Waals surface area contributed by atoms with Crippen LogP contribution in [0, 0.1) is 0 Å². The summed E-state index contributed by atoms with van der Waals surface area (Å²) in [4.78, 5) is 27.6. The van der Waals surface area contributed by atoms with Gasteiger partial charge in [-0.05, 0) is 48.7 Å². The third kappa shape index (κ3) is 3.01. The Morgan fingerprint density at radius 3 is 2.46 bits per heavy atom. The molecule has 1 amide bonds. The lowest BCUT2D eigenvalue weighted by atomic mass is 9.77. The van der Waals surface area contributed by atoms with Crippen LogP contribution in [-0.4, -0.2) is 11.7 Å². The molecule has 4 rings (SSSR count). The Balaban J connectivity index is 1.87. The molecule has 2 aromatic rings. The normalized spacial score (nSPS) is 20.4. The molecular formula is C21H17BrClNO2. The van der Waals surface area contributed by atoms with E-state index in [2.05, 4.69) is 15.9 Å². The molecule has 5 heteroatoms. The van der Waals surface area contributed by atoms with E-state index < -0.39 is 0 Å². The fourth-order valence-electron chi connectivity index (χ4n) is 3.91.